The second-order valence-electron chi connectivity index (χ2n) is 7.08. The number of carboxylic acids is 1. The lowest BCUT2D eigenvalue weighted by atomic mass is 9.98. The van der Waals surface area contributed by atoms with Crippen LogP contribution in [0, 0.1) is 6.92 Å². The van der Waals surface area contributed by atoms with Crippen LogP contribution >= 0.6 is 11.3 Å². The van der Waals surface area contributed by atoms with Crippen LogP contribution in [0.15, 0.2) is 60.7 Å². The van der Waals surface area contributed by atoms with E-state index in [1.807, 2.05) is 55.5 Å². The standard InChI is InChI=1S/C23H21NO4S/c1-14-10-11-15(29-14)12-21(22(25)26)24-23(27)28-13-20-18-8-4-2-6-16(18)17-7-3-5-9-19(17)20/h2-11,20-21H,12-13H2,1H3,(H,24,27)(H,25,26). The number of carbonyl (C=O) groups is 2. The van der Waals surface area contributed by atoms with Gasteiger partial charge in [0.1, 0.15) is 12.6 Å². The Morgan fingerprint density at radius 3 is 2.21 bits per heavy atom. The van der Waals surface area contributed by atoms with Gasteiger partial charge in [-0.1, -0.05) is 48.5 Å². The smallest absolute Gasteiger partial charge is 0.407 e. The Labute approximate surface area is 173 Å². The van der Waals surface area contributed by atoms with Gasteiger partial charge in [0, 0.05) is 22.1 Å². The van der Waals surface area contributed by atoms with Crippen LogP contribution in [0.4, 0.5) is 4.79 Å². The molecular formula is C23H21NO4S. The van der Waals surface area contributed by atoms with Crippen molar-refractivity contribution in [2.24, 2.45) is 0 Å². The first-order valence-electron chi connectivity index (χ1n) is 9.42. The highest BCUT2D eigenvalue weighted by Crippen LogP contribution is 2.44. The Bertz CT molecular complexity index is 1010. The molecule has 0 bridgehead atoms. The molecule has 1 unspecified atom stereocenters. The molecule has 1 aliphatic rings. The summed E-state index contributed by atoms with van der Waals surface area (Å²) >= 11 is 1.52. The third kappa shape index (κ3) is 4.03. The Morgan fingerprint density at radius 2 is 1.66 bits per heavy atom. The van der Waals surface area contributed by atoms with Crippen molar-refractivity contribution >= 4 is 23.4 Å². The van der Waals surface area contributed by atoms with E-state index >= 15 is 0 Å². The molecule has 0 spiro atoms. The molecule has 5 nitrogen and oxygen atoms in total. The minimum atomic E-state index is -1.08. The van der Waals surface area contributed by atoms with Gasteiger partial charge in [0.15, 0.2) is 0 Å². The number of rotatable bonds is 6. The van der Waals surface area contributed by atoms with Crippen molar-refractivity contribution < 1.29 is 19.4 Å². The van der Waals surface area contributed by atoms with E-state index in [1.165, 1.54) is 11.3 Å². The Hall–Kier alpha value is -3.12. The highest BCUT2D eigenvalue weighted by Gasteiger charge is 2.29. The number of hydrogen-bond donors (Lipinski definition) is 2. The number of benzene rings is 2. The van der Waals surface area contributed by atoms with Gasteiger partial charge in [-0.25, -0.2) is 9.59 Å². The third-order valence-corrected chi connectivity index (χ3v) is 6.16. The number of hydrogen-bond acceptors (Lipinski definition) is 4. The Kier molecular flexibility index (Phi) is 5.36. The fourth-order valence-corrected chi connectivity index (χ4v) is 4.71. The van der Waals surface area contributed by atoms with Gasteiger partial charge >= 0.3 is 12.1 Å². The zero-order valence-corrected chi connectivity index (χ0v) is 16.7. The number of alkyl carbamates (subject to hydrolysis) is 1. The average molecular weight is 407 g/mol. The molecule has 6 heteroatoms. The molecule has 2 N–H and O–H groups in total. The quantitative estimate of drug-likeness (QED) is 0.627. The summed E-state index contributed by atoms with van der Waals surface area (Å²) in [6.07, 6.45) is -0.481. The number of aryl methyl sites for hydroxylation is 1. The molecule has 1 atom stereocenters. The highest BCUT2D eigenvalue weighted by molar-refractivity contribution is 7.11. The molecule has 1 amide bonds. The molecule has 1 aliphatic carbocycles. The van der Waals surface area contributed by atoms with Crippen LogP contribution in [0.2, 0.25) is 0 Å². The SMILES string of the molecule is Cc1ccc(CC(NC(=O)OCC2c3ccccc3-c3ccccc32)C(=O)O)s1. The van der Waals surface area contributed by atoms with Crippen LogP contribution in [0.3, 0.4) is 0 Å². The summed E-state index contributed by atoms with van der Waals surface area (Å²) in [7, 11) is 0. The van der Waals surface area contributed by atoms with Crippen LogP contribution in [0.25, 0.3) is 11.1 Å². The van der Waals surface area contributed by atoms with Gasteiger partial charge in [-0.2, -0.15) is 0 Å². The molecule has 1 heterocycles. The molecule has 1 aromatic heterocycles. The minimum absolute atomic E-state index is 0.0589. The van der Waals surface area contributed by atoms with E-state index in [4.69, 9.17) is 4.74 Å². The van der Waals surface area contributed by atoms with Gasteiger partial charge in [-0.15, -0.1) is 11.3 Å². The average Bonchev–Trinajstić information content (AvgIpc) is 3.27. The van der Waals surface area contributed by atoms with E-state index in [9.17, 15) is 14.7 Å². The summed E-state index contributed by atoms with van der Waals surface area (Å²) in [4.78, 5) is 25.9. The van der Waals surface area contributed by atoms with Crippen molar-refractivity contribution in [3.8, 4) is 11.1 Å². The predicted octanol–water partition coefficient (Wildman–Crippen LogP) is 4.59. The summed E-state index contributed by atoms with van der Waals surface area (Å²) in [5.41, 5.74) is 4.53. The molecule has 3 aromatic rings. The van der Waals surface area contributed by atoms with Gasteiger partial charge in [-0.05, 0) is 41.3 Å². The van der Waals surface area contributed by atoms with E-state index in [0.29, 0.717) is 0 Å². The van der Waals surface area contributed by atoms with Crippen molar-refractivity contribution in [2.45, 2.75) is 25.3 Å². The molecular weight excluding hydrogens is 386 g/mol. The minimum Gasteiger partial charge on any atom is -0.480 e. The molecule has 148 valence electrons. The van der Waals surface area contributed by atoms with Gasteiger partial charge in [0.25, 0.3) is 0 Å². The largest absolute Gasteiger partial charge is 0.480 e. The summed E-state index contributed by atoms with van der Waals surface area (Å²) in [6.45, 7) is 2.12. The first-order chi connectivity index (χ1) is 14.0. The van der Waals surface area contributed by atoms with Crippen molar-refractivity contribution in [1.82, 2.24) is 5.32 Å². The molecule has 0 radical (unpaired) electrons. The number of nitrogens with one attached hydrogen (secondary N) is 1. The maximum atomic E-state index is 12.3. The molecule has 4 rings (SSSR count). The number of carbonyl (C=O) groups excluding carboxylic acids is 1. The Morgan fingerprint density at radius 1 is 1.03 bits per heavy atom. The molecule has 0 saturated carbocycles. The fraction of sp³-hybridized carbons (Fsp3) is 0.217. The van der Waals surface area contributed by atoms with Crippen molar-refractivity contribution in [2.75, 3.05) is 6.61 Å². The van der Waals surface area contributed by atoms with Crippen LogP contribution < -0.4 is 5.32 Å². The second kappa shape index (κ2) is 8.09. The van der Waals surface area contributed by atoms with Gasteiger partial charge in [0.05, 0.1) is 0 Å². The van der Waals surface area contributed by atoms with Gasteiger partial charge in [0.2, 0.25) is 0 Å². The number of fused-ring (bicyclic) bond motifs is 3. The van der Waals surface area contributed by atoms with Crippen molar-refractivity contribution in [3.05, 3.63) is 81.5 Å². The normalized spacial score (nSPS) is 13.4. The number of amides is 1. The molecule has 0 aliphatic heterocycles. The zero-order valence-electron chi connectivity index (χ0n) is 15.9. The van der Waals surface area contributed by atoms with E-state index in [2.05, 4.69) is 17.4 Å². The molecule has 0 saturated heterocycles. The highest BCUT2D eigenvalue weighted by atomic mass is 32.1. The molecule has 29 heavy (non-hydrogen) atoms. The van der Waals surface area contributed by atoms with Gasteiger partial charge < -0.3 is 15.2 Å². The topological polar surface area (TPSA) is 75.6 Å². The lowest BCUT2D eigenvalue weighted by molar-refractivity contribution is -0.139. The summed E-state index contributed by atoms with van der Waals surface area (Å²) < 4.78 is 5.45. The number of ether oxygens (including phenoxy) is 1. The maximum absolute atomic E-state index is 12.3. The molecule has 0 fully saturated rings. The van der Waals surface area contributed by atoms with E-state index in [1.54, 1.807) is 0 Å². The summed E-state index contributed by atoms with van der Waals surface area (Å²) in [6, 6.07) is 19.0. The summed E-state index contributed by atoms with van der Waals surface area (Å²) in [5, 5.41) is 12.0. The van der Waals surface area contributed by atoms with Crippen LogP contribution in [0.1, 0.15) is 26.8 Å². The predicted molar refractivity (Wildman–Crippen MR) is 112 cm³/mol. The van der Waals surface area contributed by atoms with Crippen LogP contribution in [0.5, 0.6) is 0 Å². The monoisotopic (exact) mass is 407 g/mol. The lowest BCUT2D eigenvalue weighted by Crippen LogP contribution is -2.42. The van der Waals surface area contributed by atoms with Crippen LogP contribution in [-0.4, -0.2) is 29.8 Å². The number of aliphatic carboxylic acids is 1. The maximum Gasteiger partial charge on any atom is 0.407 e. The first kappa shape index (κ1) is 19.2. The van der Waals surface area contributed by atoms with E-state index in [0.717, 1.165) is 32.0 Å². The van der Waals surface area contributed by atoms with Gasteiger partial charge in [-0.3, -0.25) is 0 Å². The van der Waals surface area contributed by atoms with E-state index in [-0.39, 0.29) is 18.9 Å². The van der Waals surface area contributed by atoms with Crippen molar-refractivity contribution in [3.63, 3.8) is 0 Å². The van der Waals surface area contributed by atoms with Crippen LogP contribution in [-0.2, 0) is 16.0 Å². The fourth-order valence-electron chi connectivity index (χ4n) is 3.78. The molecule has 2 aromatic carbocycles. The lowest BCUT2D eigenvalue weighted by Gasteiger charge is -2.17. The van der Waals surface area contributed by atoms with Crippen molar-refractivity contribution in [1.29, 1.82) is 0 Å². The third-order valence-electron chi connectivity index (χ3n) is 5.14. The number of carboxylic acid groups (broad SMARTS) is 1. The first-order valence-corrected chi connectivity index (χ1v) is 10.2. The zero-order chi connectivity index (χ0) is 20.4. The van der Waals surface area contributed by atoms with E-state index < -0.39 is 18.1 Å². The Balaban J connectivity index is 1.43. The second-order valence-corrected chi connectivity index (χ2v) is 8.45. The summed E-state index contributed by atoms with van der Waals surface area (Å²) in [5.74, 6) is -1.14. The number of thiophene rings is 1.